The van der Waals surface area contributed by atoms with Gasteiger partial charge in [-0.15, -0.1) is 0 Å². The van der Waals surface area contributed by atoms with Crippen molar-refractivity contribution in [3.8, 4) is 17.2 Å². The lowest BCUT2D eigenvalue weighted by molar-refractivity contribution is -0.0950. The number of hydrogen-bond acceptors (Lipinski definition) is 17. The maximum atomic E-state index is 15.8. The number of hydrogen-bond donors (Lipinski definition) is 2. The number of esters is 1. The molecule has 21 nitrogen and oxygen atoms in total. The molecule has 2 aliphatic rings. The molecule has 0 saturated carbocycles. The van der Waals surface area contributed by atoms with E-state index in [1.54, 1.807) is 86.4 Å². The Kier molecular flexibility index (Phi) is 17.0. The molecule has 0 bridgehead atoms. The molecule has 7 atom stereocenters. The van der Waals surface area contributed by atoms with E-state index >= 15 is 4.57 Å². The average molecular weight is 1180 g/mol. The number of anilines is 1. The highest BCUT2D eigenvalue weighted by atomic mass is 35.5. The first kappa shape index (κ1) is 57.0. The number of phosphoric acid groups is 1. The Morgan fingerprint density at radius 1 is 0.690 bits per heavy atom. The van der Waals surface area contributed by atoms with Gasteiger partial charge in [0, 0.05) is 35.2 Å². The summed E-state index contributed by atoms with van der Waals surface area (Å²) in [4.78, 5) is 69.0. The maximum absolute atomic E-state index is 15.8. The molecule has 2 saturated heterocycles. The predicted molar refractivity (Wildman–Crippen MR) is 307 cm³/mol. The van der Waals surface area contributed by atoms with E-state index in [0.29, 0.717) is 33.2 Å². The Hall–Kier alpha value is -8.79. The largest absolute Gasteiger partial charge is 0.530 e. The summed E-state index contributed by atoms with van der Waals surface area (Å²) in [7, 11) is -1.79. The lowest BCUT2D eigenvalue weighted by atomic mass is 9.80. The van der Waals surface area contributed by atoms with Crippen molar-refractivity contribution in [2.45, 2.75) is 62.2 Å². The smallest absolute Gasteiger partial charge is 0.497 e. The molecule has 23 heteroatoms. The van der Waals surface area contributed by atoms with Crippen LogP contribution in [0.15, 0.2) is 192 Å². The highest BCUT2D eigenvalue weighted by Crippen LogP contribution is 2.54. The molecule has 1 amide bonds. The Morgan fingerprint density at radius 3 is 1.88 bits per heavy atom. The lowest BCUT2D eigenvalue weighted by Crippen LogP contribution is -2.38. The van der Waals surface area contributed by atoms with Crippen molar-refractivity contribution in [3.05, 3.63) is 242 Å². The van der Waals surface area contributed by atoms with Crippen LogP contribution in [0.1, 0.15) is 68.3 Å². The molecular weight excluding hydrogens is 1120 g/mol. The Morgan fingerprint density at radius 2 is 1.25 bits per heavy atom. The van der Waals surface area contributed by atoms with Crippen LogP contribution in [0, 0.1) is 6.92 Å². The van der Waals surface area contributed by atoms with Crippen molar-refractivity contribution in [1.82, 2.24) is 29.1 Å². The third kappa shape index (κ3) is 12.3. The number of methoxy groups -OCH3 is 2. The number of benzene rings is 6. The van der Waals surface area contributed by atoms with Crippen molar-refractivity contribution in [2.24, 2.45) is 0 Å². The monoisotopic (exact) mass is 1180 g/mol. The van der Waals surface area contributed by atoms with E-state index in [2.05, 4.69) is 25.3 Å². The number of halogens is 1. The second kappa shape index (κ2) is 25.0. The fraction of sp³-hybridized carbons (Fsp3) is 0.230. The van der Waals surface area contributed by atoms with E-state index < -0.39 is 80.0 Å². The fourth-order valence-electron chi connectivity index (χ4n) is 10.1. The number of fused-ring (bicyclic) bond motifs is 1. The van der Waals surface area contributed by atoms with E-state index in [9.17, 15) is 19.2 Å². The highest BCUT2D eigenvalue weighted by Gasteiger charge is 2.48. The van der Waals surface area contributed by atoms with Crippen LogP contribution in [0.3, 0.4) is 0 Å². The number of carbonyl (C=O) groups is 2. The third-order valence-corrected chi connectivity index (χ3v) is 16.0. The van der Waals surface area contributed by atoms with E-state index in [4.69, 9.17) is 53.6 Å². The van der Waals surface area contributed by atoms with Gasteiger partial charge in [0.2, 0.25) is 0 Å². The van der Waals surface area contributed by atoms with Gasteiger partial charge in [0.25, 0.3) is 11.5 Å². The van der Waals surface area contributed by atoms with Crippen molar-refractivity contribution in [2.75, 3.05) is 32.8 Å². The first-order chi connectivity index (χ1) is 40.8. The first-order valence-electron chi connectivity index (χ1n) is 26.6. The molecule has 9 aromatic rings. The Labute approximate surface area is 485 Å². The number of ether oxygens (including phenoxy) is 6. The number of imidazole rings is 1. The fourth-order valence-corrected chi connectivity index (χ4v) is 11.6. The summed E-state index contributed by atoms with van der Waals surface area (Å²) in [6.07, 6.45) is -2.67. The second-order valence-corrected chi connectivity index (χ2v) is 21.6. The van der Waals surface area contributed by atoms with E-state index in [-0.39, 0.29) is 53.3 Å². The number of H-pyrrole nitrogens is 1. The lowest BCUT2D eigenvalue weighted by Gasteiger charge is -2.37. The van der Waals surface area contributed by atoms with Gasteiger partial charge in [0.05, 0.1) is 39.3 Å². The summed E-state index contributed by atoms with van der Waals surface area (Å²) in [5, 5.41) is 3.16. The summed E-state index contributed by atoms with van der Waals surface area (Å²) < 4.78 is 75.8. The van der Waals surface area contributed by atoms with Crippen molar-refractivity contribution >= 4 is 48.3 Å². The third-order valence-electron chi connectivity index (χ3n) is 14.4. The maximum Gasteiger partial charge on any atom is 0.530 e. The second-order valence-electron chi connectivity index (χ2n) is 19.6. The molecule has 2 N–H and O–H groups in total. The molecule has 0 radical (unpaired) electrons. The number of phosphoric ester groups is 1. The van der Waals surface area contributed by atoms with Gasteiger partial charge in [0.1, 0.15) is 66.0 Å². The number of aromatic amines is 1. The number of aromatic nitrogens is 6. The van der Waals surface area contributed by atoms with Crippen LogP contribution in [-0.2, 0) is 38.2 Å². The van der Waals surface area contributed by atoms with Crippen molar-refractivity contribution in [1.29, 1.82) is 0 Å². The number of aryl methyl sites for hydroxylation is 1. The van der Waals surface area contributed by atoms with E-state index in [1.165, 1.54) is 47.7 Å². The minimum Gasteiger partial charge on any atom is -0.497 e. The van der Waals surface area contributed by atoms with Crippen LogP contribution in [0.4, 0.5) is 5.82 Å². The molecule has 84 heavy (non-hydrogen) atoms. The number of nitrogens with one attached hydrogen (secondary N) is 2. The van der Waals surface area contributed by atoms with Crippen LogP contribution >= 0.6 is 19.4 Å². The molecule has 430 valence electrons. The van der Waals surface area contributed by atoms with E-state index in [0.717, 1.165) is 5.56 Å². The topological polar surface area (TPSA) is 245 Å². The highest BCUT2D eigenvalue weighted by molar-refractivity contribution is 7.49. The number of carbonyl (C=O) groups excluding carboxylic acids is 2. The molecule has 0 spiro atoms. The zero-order chi connectivity index (χ0) is 58.4. The van der Waals surface area contributed by atoms with Crippen molar-refractivity contribution < 1.29 is 56.1 Å². The van der Waals surface area contributed by atoms with Crippen molar-refractivity contribution in [3.63, 3.8) is 0 Å². The normalized spacial score (nSPS) is 19.3. The summed E-state index contributed by atoms with van der Waals surface area (Å²) in [6.45, 7) is 0.707. The molecule has 2 aliphatic heterocycles. The van der Waals surface area contributed by atoms with Crippen LogP contribution in [0.5, 0.6) is 17.2 Å². The molecule has 1 unspecified atom stereocenters. The number of rotatable bonds is 21. The summed E-state index contributed by atoms with van der Waals surface area (Å²) in [5.74, 6) is 0.306. The zero-order valence-corrected chi connectivity index (χ0v) is 47.0. The number of amides is 1. The van der Waals surface area contributed by atoms with Gasteiger partial charge < -0.3 is 38.3 Å². The van der Waals surface area contributed by atoms with Gasteiger partial charge in [-0.05, 0) is 96.4 Å². The molecule has 3 aromatic heterocycles. The SMILES string of the molecule is COc1ccc(C(OC[C@H]2O[C@@H](n3cc(C)c(=O)[nH]c3=O)C[C@@H]2OP(=O)(OC[C@H]2O[C@@H](n3cnc4c(NC(=O)c5ccccc5)ncnc43)C[C@@H]2OC(=O)c2ccccc2)Oc2ccc(Cl)cc2)(c2ccccc2)c2ccc(OC)cc2)cc1. The Balaban J connectivity index is 0.940. The predicted octanol–water partition coefficient (Wildman–Crippen LogP) is 10.0. The standard InChI is InChI=1S/C61H55ClN7O14P/c1-38-33-68(60(73)67-57(38)70)52-32-49(50(79-52)34-77-61(41-17-11-6-12-18-41,42-19-25-45(75-2)26-20-42)43-21-27-46(76-3)28-22-43)83-84(74,82-47-29-23-44(62)24-30-47)78-35-51-48(81-59(72)40-15-9-5-10-16-40)31-53(80-51)69-37-65-54-55(63-36-64-56(54)69)66-58(71)39-13-7-4-8-14-39/h4-30,33,36-37,48-53H,31-32,34-35H2,1-3H3,(H,67,70,73)(H,63,64,66,71)/t48-,49-,50+,51+,52+,53+,84?/m0/s1. The Bertz CT molecular complexity index is 3890. The van der Waals surface area contributed by atoms with Gasteiger partial charge in [-0.25, -0.2) is 29.1 Å². The molecule has 6 aromatic carbocycles. The molecular formula is C61H55ClN7O14P. The molecule has 0 aliphatic carbocycles. The first-order valence-corrected chi connectivity index (χ1v) is 28.4. The van der Waals surface area contributed by atoms with Crippen LogP contribution in [0.2, 0.25) is 5.02 Å². The quantitative estimate of drug-likeness (QED) is 0.0386. The van der Waals surface area contributed by atoms with Gasteiger partial charge in [-0.1, -0.05) is 103 Å². The zero-order valence-electron chi connectivity index (χ0n) is 45.4. The van der Waals surface area contributed by atoms with Gasteiger partial charge in [-0.3, -0.25) is 32.8 Å². The van der Waals surface area contributed by atoms with Crippen LogP contribution in [-0.4, -0.2) is 92.8 Å². The van der Waals surface area contributed by atoms with Gasteiger partial charge in [-0.2, -0.15) is 0 Å². The molecule has 2 fully saturated rings. The van der Waals surface area contributed by atoms with E-state index in [1.807, 2.05) is 78.9 Å². The summed E-state index contributed by atoms with van der Waals surface area (Å²) in [6, 6.07) is 47.3. The minimum atomic E-state index is -4.93. The van der Waals surface area contributed by atoms with Crippen LogP contribution in [0.25, 0.3) is 11.2 Å². The van der Waals surface area contributed by atoms with Gasteiger partial charge >= 0.3 is 19.5 Å². The summed E-state index contributed by atoms with van der Waals surface area (Å²) in [5.41, 5.74) is 0.816. The van der Waals surface area contributed by atoms with Crippen LogP contribution < -0.4 is 30.6 Å². The minimum absolute atomic E-state index is 0.0213. The number of nitrogens with zero attached hydrogens (tertiary/aromatic N) is 5. The average Bonchev–Trinajstić information content (AvgIpc) is 4.09. The molecule has 11 rings (SSSR count). The van der Waals surface area contributed by atoms with Gasteiger partial charge in [0.15, 0.2) is 17.0 Å². The summed E-state index contributed by atoms with van der Waals surface area (Å²) >= 11 is 6.31. The molecule has 5 heterocycles.